The zero-order valence-electron chi connectivity index (χ0n) is 10.6. The summed E-state index contributed by atoms with van der Waals surface area (Å²) in [5, 5.41) is 13.6. The predicted molar refractivity (Wildman–Crippen MR) is 64.5 cm³/mol. The highest BCUT2D eigenvalue weighted by atomic mass is 19.2. The Balaban J connectivity index is 2.73. The van der Waals surface area contributed by atoms with Gasteiger partial charge in [0.2, 0.25) is 11.6 Å². The van der Waals surface area contributed by atoms with Crippen molar-refractivity contribution in [2.75, 3.05) is 0 Å². The molecule has 3 aromatic carbocycles. The number of hydrogen-bond donors (Lipinski definition) is 2. The first-order chi connectivity index (χ1) is 10.7. The average Bonchev–Trinajstić information content (AvgIpc) is 2.53. The van der Waals surface area contributed by atoms with Gasteiger partial charge in [0.15, 0.2) is 34.8 Å². The third-order valence-corrected chi connectivity index (χ3v) is 3.40. The maximum atomic E-state index is 14.3. The van der Waals surface area contributed by atoms with Gasteiger partial charge in [0.05, 0.1) is 10.8 Å². The SMILES string of the molecule is Oc1c(F)c(F)c2c(F)c3c(O)c(F)c(F)c(F)c3cc2c1F. The van der Waals surface area contributed by atoms with Crippen LogP contribution in [0.4, 0.5) is 30.7 Å². The normalized spacial score (nSPS) is 11.6. The van der Waals surface area contributed by atoms with Crippen LogP contribution in [-0.4, -0.2) is 10.2 Å². The van der Waals surface area contributed by atoms with E-state index in [9.17, 15) is 35.8 Å². The number of fused-ring (bicyclic) bond motifs is 2. The molecule has 0 fully saturated rings. The first-order valence-corrected chi connectivity index (χ1v) is 5.85. The molecule has 3 rings (SSSR count). The highest BCUT2D eigenvalue weighted by molar-refractivity contribution is 6.03. The summed E-state index contributed by atoms with van der Waals surface area (Å²) >= 11 is 0. The van der Waals surface area contributed by atoms with E-state index >= 15 is 0 Å². The molecule has 0 saturated heterocycles. The molecule has 2 nitrogen and oxygen atoms in total. The Labute approximate surface area is 122 Å². The number of halogens is 7. The Hall–Kier alpha value is -2.71. The maximum Gasteiger partial charge on any atom is 0.204 e. The van der Waals surface area contributed by atoms with Gasteiger partial charge in [0.25, 0.3) is 0 Å². The van der Waals surface area contributed by atoms with Crippen LogP contribution >= 0.6 is 0 Å². The van der Waals surface area contributed by atoms with Crippen molar-refractivity contribution in [3.05, 3.63) is 46.8 Å². The molecule has 0 aliphatic rings. The Kier molecular flexibility index (Phi) is 3.07. The second-order valence-electron chi connectivity index (χ2n) is 4.62. The van der Waals surface area contributed by atoms with Crippen molar-refractivity contribution in [1.29, 1.82) is 0 Å². The first-order valence-electron chi connectivity index (χ1n) is 5.85. The Morgan fingerprint density at radius 2 is 1.00 bits per heavy atom. The van der Waals surface area contributed by atoms with Gasteiger partial charge in [-0.15, -0.1) is 0 Å². The molecular weight excluding hydrogens is 333 g/mol. The van der Waals surface area contributed by atoms with Crippen LogP contribution in [0.25, 0.3) is 21.5 Å². The van der Waals surface area contributed by atoms with Crippen LogP contribution in [0.1, 0.15) is 0 Å². The van der Waals surface area contributed by atoms with E-state index in [0.29, 0.717) is 6.07 Å². The van der Waals surface area contributed by atoms with Crippen molar-refractivity contribution >= 4 is 21.5 Å². The number of phenols is 2. The molecule has 3 aromatic rings. The fourth-order valence-electron chi connectivity index (χ4n) is 2.31. The van der Waals surface area contributed by atoms with Crippen LogP contribution in [0.3, 0.4) is 0 Å². The lowest BCUT2D eigenvalue weighted by atomic mass is 9.99. The molecule has 0 spiro atoms. The second-order valence-corrected chi connectivity index (χ2v) is 4.62. The number of hydrogen-bond acceptors (Lipinski definition) is 2. The molecule has 0 radical (unpaired) electrons. The van der Waals surface area contributed by atoms with Crippen molar-refractivity contribution in [3.63, 3.8) is 0 Å². The van der Waals surface area contributed by atoms with Gasteiger partial charge in [-0.25, -0.2) is 22.0 Å². The third kappa shape index (κ3) is 1.76. The number of aromatic hydroxyl groups is 2. The predicted octanol–water partition coefficient (Wildman–Crippen LogP) is 4.38. The van der Waals surface area contributed by atoms with E-state index in [1.165, 1.54) is 0 Å². The van der Waals surface area contributed by atoms with Crippen molar-refractivity contribution in [1.82, 2.24) is 0 Å². The van der Waals surface area contributed by atoms with E-state index in [4.69, 9.17) is 5.11 Å². The monoisotopic (exact) mass is 336 g/mol. The summed E-state index contributed by atoms with van der Waals surface area (Å²) in [5.74, 6) is -17.7. The van der Waals surface area contributed by atoms with Crippen molar-refractivity contribution in [3.8, 4) is 11.5 Å². The van der Waals surface area contributed by atoms with E-state index in [1.807, 2.05) is 0 Å². The molecule has 0 bridgehead atoms. The molecule has 9 heteroatoms. The number of benzene rings is 3. The van der Waals surface area contributed by atoms with E-state index in [0.717, 1.165) is 0 Å². The van der Waals surface area contributed by atoms with E-state index in [1.54, 1.807) is 0 Å². The third-order valence-electron chi connectivity index (χ3n) is 3.40. The molecular formula is C14H3F7O2. The minimum Gasteiger partial charge on any atom is -0.504 e. The molecule has 23 heavy (non-hydrogen) atoms. The zero-order valence-corrected chi connectivity index (χ0v) is 10.6. The topological polar surface area (TPSA) is 40.5 Å². The van der Waals surface area contributed by atoms with Gasteiger partial charge >= 0.3 is 0 Å². The highest BCUT2D eigenvalue weighted by Gasteiger charge is 2.28. The average molecular weight is 336 g/mol. The summed E-state index contributed by atoms with van der Waals surface area (Å²) in [6.45, 7) is 0. The zero-order chi connectivity index (χ0) is 17.2. The van der Waals surface area contributed by atoms with Gasteiger partial charge in [-0.3, -0.25) is 0 Å². The van der Waals surface area contributed by atoms with Crippen molar-refractivity contribution in [2.45, 2.75) is 0 Å². The van der Waals surface area contributed by atoms with Crippen LogP contribution in [0, 0.1) is 40.7 Å². The van der Waals surface area contributed by atoms with Crippen molar-refractivity contribution < 1.29 is 40.9 Å². The van der Waals surface area contributed by atoms with Crippen molar-refractivity contribution in [2.24, 2.45) is 0 Å². The molecule has 0 atom stereocenters. The summed E-state index contributed by atoms with van der Waals surface area (Å²) in [6.07, 6.45) is 0. The van der Waals surface area contributed by atoms with Gasteiger partial charge in [-0.05, 0) is 6.07 Å². The van der Waals surface area contributed by atoms with E-state index in [-0.39, 0.29) is 0 Å². The molecule has 0 aromatic heterocycles. The molecule has 120 valence electrons. The standard InChI is InChI=1S/C14H3F7O2/c15-6-3-1-2-4(9(18)11(20)14(23)7(2)16)8(17)5(3)13(22)12(21)10(6)19/h1,22-23H. The Morgan fingerprint density at radius 3 is 1.61 bits per heavy atom. The number of phenolic OH excluding ortho intramolecular Hbond substituents is 2. The first kappa shape index (κ1) is 15.2. The van der Waals surface area contributed by atoms with Crippen LogP contribution in [0.15, 0.2) is 6.07 Å². The van der Waals surface area contributed by atoms with E-state index < -0.39 is 73.8 Å². The number of rotatable bonds is 0. The minimum absolute atomic E-state index is 0.322. The van der Waals surface area contributed by atoms with Crippen LogP contribution < -0.4 is 0 Å². The smallest absolute Gasteiger partial charge is 0.204 e. The van der Waals surface area contributed by atoms with Gasteiger partial charge in [0.1, 0.15) is 5.82 Å². The molecule has 0 heterocycles. The van der Waals surface area contributed by atoms with E-state index in [2.05, 4.69) is 0 Å². The summed E-state index contributed by atoms with van der Waals surface area (Å²) in [5.41, 5.74) is 0. The van der Waals surface area contributed by atoms with Gasteiger partial charge in [0, 0.05) is 10.8 Å². The van der Waals surface area contributed by atoms with Crippen LogP contribution in [-0.2, 0) is 0 Å². The highest BCUT2D eigenvalue weighted by Crippen LogP contribution is 2.41. The molecule has 0 saturated carbocycles. The van der Waals surface area contributed by atoms with Gasteiger partial charge in [-0.1, -0.05) is 0 Å². The fourth-order valence-corrected chi connectivity index (χ4v) is 2.31. The molecule has 0 aliphatic heterocycles. The molecule has 0 unspecified atom stereocenters. The molecule has 0 amide bonds. The fraction of sp³-hybridized carbons (Fsp3) is 0. The largest absolute Gasteiger partial charge is 0.504 e. The van der Waals surface area contributed by atoms with Gasteiger partial charge in [-0.2, -0.15) is 8.78 Å². The Bertz CT molecular complexity index is 936. The van der Waals surface area contributed by atoms with Crippen LogP contribution in [0.2, 0.25) is 0 Å². The summed E-state index contributed by atoms with van der Waals surface area (Å²) in [4.78, 5) is 0. The molecule has 0 aliphatic carbocycles. The lowest BCUT2D eigenvalue weighted by Gasteiger charge is -2.12. The summed E-state index contributed by atoms with van der Waals surface area (Å²) < 4.78 is 95.5. The quantitative estimate of drug-likeness (QED) is 0.277. The van der Waals surface area contributed by atoms with Gasteiger partial charge < -0.3 is 10.2 Å². The maximum absolute atomic E-state index is 14.3. The summed E-state index contributed by atoms with van der Waals surface area (Å²) in [7, 11) is 0. The lowest BCUT2D eigenvalue weighted by Crippen LogP contribution is -2.00. The minimum atomic E-state index is -2.17. The lowest BCUT2D eigenvalue weighted by molar-refractivity contribution is 0.381. The van der Waals surface area contributed by atoms with Crippen LogP contribution in [0.5, 0.6) is 11.5 Å². The molecule has 2 N–H and O–H groups in total. The Morgan fingerprint density at radius 1 is 0.478 bits per heavy atom. The summed E-state index contributed by atoms with van der Waals surface area (Å²) in [6, 6.07) is 0.322. The second kappa shape index (κ2) is 4.64.